The topological polar surface area (TPSA) is 192 Å². The summed E-state index contributed by atoms with van der Waals surface area (Å²) in [5.74, 6) is -3.94. The zero-order valence-corrected chi connectivity index (χ0v) is 34.0. The zero-order chi connectivity index (χ0) is 42.1. The van der Waals surface area contributed by atoms with E-state index < -0.39 is 71.5 Å². The largest absolute Gasteiger partial charge is 0.480 e. The van der Waals surface area contributed by atoms with Gasteiger partial charge >= 0.3 is 12.1 Å². The number of carbonyl (C=O) groups is 6. The number of aliphatic carboxylic acids is 1. The highest BCUT2D eigenvalue weighted by Crippen LogP contribution is 2.13. The number of nitrogens with one attached hydrogen (secondary N) is 5. The molecule has 0 heterocycles. The molecule has 0 saturated heterocycles. The van der Waals surface area contributed by atoms with E-state index in [9.17, 15) is 33.9 Å². The SMILES string of the molecule is CC(C)C[C@H](NC(=O)[C@H](Cc1ccccc1)NC(=O)[C@H](CC(C)C)NC(=O)[C@@H](Cc1ccccc1)NC(=O)OC(C)(C)C)C(=O)N[C@H](Cc1ccccc1)C(=O)O. The Kier molecular flexibility index (Phi) is 17.7. The highest BCUT2D eigenvalue weighted by atomic mass is 16.6. The second-order valence-electron chi connectivity index (χ2n) is 16.1. The Hall–Kier alpha value is -5.72. The van der Waals surface area contributed by atoms with Crippen LogP contribution in [0.2, 0.25) is 0 Å². The van der Waals surface area contributed by atoms with E-state index in [2.05, 4.69) is 26.6 Å². The van der Waals surface area contributed by atoms with Crippen molar-refractivity contribution in [2.24, 2.45) is 11.8 Å². The van der Waals surface area contributed by atoms with Gasteiger partial charge in [-0.25, -0.2) is 9.59 Å². The molecule has 3 rings (SSSR count). The van der Waals surface area contributed by atoms with Crippen molar-refractivity contribution >= 4 is 35.7 Å². The van der Waals surface area contributed by atoms with Crippen LogP contribution >= 0.6 is 0 Å². The Bertz CT molecular complexity index is 1760. The first-order valence-corrected chi connectivity index (χ1v) is 19.5. The van der Waals surface area contributed by atoms with Gasteiger partial charge in [0.05, 0.1) is 0 Å². The number of carbonyl (C=O) groups excluding carboxylic acids is 5. The quantitative estimate of drug-likeness (QED) is 0.0948. The molecule has 0 spiro atoms. The third kappa shape index (κ3) is 16.9. The molecule has 13 nitrogen and oxygen atoms in total. The molecule has 5 amide bonds. The standard InChI is InChI=1S/C44H59N5O8/c1-28(2)23-33(46-41(53)36(26-31-19-13-9-14-20-31)49-43(56)57-44(5,6)7)38(50)47-35(25-30-17-11-8-12-18-30)40(52)45-34(24-29(3)4)39(51)48-37(42(54)55)27-32-21-15-10-16-22-32/h8-22,28-29,33-37H,23-27H2,1-7H3,(H,45,52)(H,46,53)(H,47,50)(H,48,51)(H,49,56)(H,54,55)/t33-,34-,35-,36+,37+/m0/s1. The summed E-state index contributed by atoms with van der Waals surface area (Å²) < 4.78 is 5.43. The number of amides is 5. The van der Waals surface area contributed by atoms with Gasteiger partial charge in [-0.1, -0.05) is 119 Å². The number of rotatable bonds is 20. The molecule has 0 unspecified atom stereocenters. The number of hydrogen-bond donors (Lipinski definition) is 6. The maximum atomic E-state index is 14.1. The van der Waals surface area contributed by atoms with Crippen molar-refractivity contribution in [3.05, 3.63) is 108 Å². The van der Waals surface area contributed by atoms with Gasteiger partial charge in [0.15, 0.2) is 0 Å². The molecule has 57 heavy (non-hydrogen) atoms. The van der Waals surface area contributed by atoms with Crippen LogP contribution in [0.4, 0.5) is 4.79 Å². The van der Waals surface area contributed by atoms with Gasteiger partial charge in [0.2, 0.25) is 23.6 Å². The molecule has 0 aliphatic heterocycles. The van der Waals surface area contributed by atoms with Crippen LogP contribution in [-0.4, -0.2) is 76.6 Å². The Morgan fingerprint density at radius 3 is 1.12 bits per heavy atom. The van der Waals surface area contributed by atoms with Crippen LogP contribution < -0.4 is 26.6 Å². The molecule has 308 valence electrons. The Morgan fingerprint density at radius 1 is 0.491 bits per heavy atom. The van der Waals surface area contributed by atoms with Crippen LogP contribution in [-0.2, 0) is 48.0 Å². The average Bonchev–Trinajstić information content (AvgIpc) is 3.13. The molecule has 5 atom stereocenters. The van der Waals surface area contributed by atoms with Crippen LogP contribution in [0.5, 0.6) is 0 Å². The number of alkyl carbamates (subject to hydrolysis) is 1. The number of benzene rings is 3. The fourth-order valence-electron chi connectivity index (χ4n) is 6.11. The minimum absolute atomic E-state index is 0.0411. The summed E-state index contributed by atoms with van der Waals surface area (Å²) in [5.41, 5.74) is 1.40. The van der Waals surface area contributed by atoms with Crippen molar-refractivity contribution in [1.82, 2.24) is 26.6 Å². The van der Waals surface area contributed by atoms with Crippen LogP contribution in [0.1, 0.15) is 78.0 Å². The molecule has 0 radical (unpaired) electrons. The first-order chi connectivity index (χ1) is 26.9. The maximum Gasteiger partial charge on any atom is 0.408 e. The lowest BCUT2D eigenvalue weighted by Crippen LogP contribution is -2.60. The predicted molar refractivity (Wildman–Crippen MR) is 218 cm³/mol. The molecule has 6 N–H and O–H groups in total. The zero-order valence-electron chi connectivity index (χ0n) is 34.0. The molecule has 13 heteroatoms. The predicted octanol–water partition coefficient (Wildman–Crippen LogP) is 4.72. The van der Waals surface area contributed by atoms with Gasteiger partial charge in [-0.15, -0.1) is 0 Å². The van der Waals surface area contributed by atoms with Crippen molar-refractivity contribution < 1.29 is 38.6 Å². The van der Waals surface area contributed by atoms with Gasteiger partial charge in [0.1, 0.15) is 35.8 Å². The summed E-state index contributed by atoms with van der Waals surface area (Å²) in [4.78, 5) is 80.9. The maximum absolute atomic E-state index is 14.1. The number of carboxylic acids is 1. The molecular formula is C44H59N5O8. The summed E-state index contributed by atoms with van der Waals surface area (Å²) in [7, 11) is 0. The van der Waals surface area contributed by atoms with Crippen LogP contribution in [0.3, 0.4) is 0 Å². The minimum atomic E-state index is -1.25. The second-order valence-corrected chi connectivity index (χ2v) is 16.1. The van der Waals surface area contributed by atoms with Crippen molar-refractivity contribution in [2.45, 2.75) is 116 Å². The fraction of sp³-hybridized carbons (Fsp3) is 0.455. The van der Waals surface area contributed by atoms with E-state index in [1.807, 2.05) is 70.2 Å². The van der Waals surface area contributed by atoms with Crippen LogP contribution in [0.15, 0.2) is 91.0 Å². The Balaban J connectivity index is 1.87. The molecule has 0 aliphatic carbocycles. The average molecular weight is 786 g/mol. The summed E-state index contributed by atoms with van der Waals surface area (Å²) in [6, 6.07) is 21.3. The molecule has 0 fully saturated rings. The summed E-state index contributed by atoms with van der Waals surface area (Å²) in [6.07, 6.45) is -0.177. The summed E-state index contributed by atoms with van der Waals surface area (Å²) >= 11 is 0. The van der Waals surface area contributed by atoms with E-state index in [1.165, 1.54) is 0 Å². The molecular weight excluding hydrogens is 727 g/mol. The lowest BCUT2D eigenvalue weighted by Gasteiger charge is -2.28. The fourth-order valence-corrected chi connectivity index (χ4v) is 6.11. The van der Waals surface area contributed by atoms with E-state index in [0.717, 1.165) is 16.7 Å². The van der Waals surface area contributed by atoms with E-state index in [4.69, 9.17) is 4.74 Å². The van der Waals surface area contributed by atoms with E-state index in [0.29, 0.717) is 0 Å². The van der Waals surface area contributed by atoms with Crippen molar-refractivity contribution in [1.29, 1.82) is 0 Å². The molecule has 0 bridgehead atoms. The third-order valence-corrected chi connectivity index (χ3v) is 8.78. The van der Waals surface area contributed by atoms with Gasteiger partial charge in [-0.3, -0.25) is 19.2 Å². The number of hydrogen-bond acceptors (Lipinski definition) is 7. The lowest BCUT2D eigenvalue weighted by molar-refractivity contribution is -0.142. The van der Waals surface area contributed by atoms with Gasteiger partial charge in [-0.2, -0.15) is 0 Å². The first-order valence-electron chi connectivity index (χ1n) is 19.5. The smallest absolute Gasteiger partial charge is 0.408 e. The molecule has 0 saturated carbocycles. The number of carboxylic acid groups (broad SMARTS) is 1. The van der Waals surface area contributed by atoms with Crippen LogP contribution in [0.25, 0.3) is 0 Å². The van der Waals surface area contributed by atoms with Gasteiger partial charge in [0, 0.05) is 19.3 Å². The van der Waals surface area contributed by atoms with Gasteiger partial charge in [0.25, 0.3) is 0 Å². The molecule has 3 aromatic carbocycles. The van der Waals surface area contributed by atoms with E-state index >= 15 is 0 Å². The molecule has 0 aliphatic rings. The first kappa shape index (κ1) is 45.7. The second kappa shape index (κ2) is 22.1. The van der Waals surface area contributed by atoms with E-state index in [1.54, 1.807) is 69.3 Å². The van der Waals surface area contributed by atoms with Crippen LogP contribution in [0, 0.1) is 11.8 Å². The van der Waals surface area contributed by atoms with Gasteiger partial charge in [-0.05, 0) is 62.1 Å². The highest BCUT2D eigenvalue weighted by molar-refractivity contribution is 5.96. The minimum Gasteiger partial charge on any atom is -0.480 e. The van der Waals surface area contributed by atoms with E-state index in [-0.39, 0.29) is 43.9 Å². The van der Waals surface area contributed by atoms with Crippen molar-refractivity contribution in [3.63, 3.8) is 0 Å². The molecule has 0 aromatic heterocycles. The molecule has 3 aromatic rings. The monoisotopic (exact) mass is 785 g/mol. The van der Waals surface area contributed by atoms with Gasteiger partial charge < -0.3 is 36.4 Å². The van der Waals surface area contributed by atoms with Crippen molar-refractivity contribution in [3.8, 4) is 0 Å². The normalized spacial score (nSPS) is 14.0. The third-order valence-electron chi connectivity index (χ3n) is 8.78. The van der Waals surface area contributed by atoms with Crippen molar-refractivity contribution in [2.75, 3.05) is 0 Å². The Labute approximate surface area is 336 Å². The lowest BCUT2D eigenvalue weighted by atomic mass is 9.98. The summed E-state index contributed by atoms with van der Waals surface area (Å²) in [5, 5.41) is 23.6. The highest BCUT2D eigenvalue weighted by Gasteiger charge is 2.34. The Morgan fingerprint density at radius 2 is 0.789 bits per heavy atom. The number of ether oxygens (including phenoxy) is 1. The summed E-state index contributed by atoms with van der Waals surface area (Å²) in [6.45, 7) is 12.6.